The van der Waals surface area contributed by atoms with Gasteiger partial charge in [0.1, 0.15) is 6.04 Å². The zero-order valence-electron chi connectivity index (χ0n) is 16.2. The van der Waals surface area contributed by atoms with Crippen molar-refractivity contribution in [3.63, 3.8) is 0 Å². The Morgan fingerprint density at radius 3 is 2.24 bits per heavy atom. The number of carbonyl (C=O) groups is 4. The maximum atomic E-state index is 12.9. The van der Waals surface area contributed by atoms with Gasteiger partial charge in [-0.3, -0.25) is 29.4 Å². The Morgan fingerprint density at radius 2 is 1.59 bits per heavy atom. The number of anilines is 2. The summed E-state index contributed by atoms with van der Waals surface area (Å²) in [6.07, 6.45) is 0.242. The van der Waals surface area contributed by atoms with Crippen LogP contribution in [0.1, 0.15) is 58.9 Å². The molecule has 2 aliphatic heterocycles. The van der Waals surface area contributed by atoms with Crippen LogP contribution in [0.3, 0.4) is 0 Å². The monoisotopic (exact) mass is 391 g/mol. The fourth-order valence-electron chi connectivity index (χ4n) is 3.67. The van der Waals surface area contributed by atoms with Gasteiger partial charge in [0.2, 0.25) is 11.8 Å². The van der Waals surface area contributed by atoms with Gasteiger partial charge in [0, 0.05) is 17.8 Å². The smallest absolute Gasteiger partial charge is 0.262 e. The van der Waals surface area contributed by atoms with E-state index in [4.69, 9.17) is 0 Å². The van der Waals surface area contributed by atoms with Crippen molar-refractivity contribution in [3.05, 3.63) is 59.2 Å². The Morgan fingerprint density at radius 1 is 0.931 bits per heavy atom. The van der Waals surface area contributed by atoms with Crippen LogP contribution in [0, 0.1) is 0 Å². The number of nitrogens with zero attached hydrogens (tertiary/aromatic N) is 1. The van der Waals surface area contributed by atoms with Crippen molar-refractivity contribution in [2.45, 2.75) is 38.6 Å². The molecular weight excluding hydrogens is 370 g/mol. The molecule has 2 aliphatic rings. The Kier molecular flexibility index (Phi) is 4.66. The highest BCUT2D eigenvalue weighted by Gasteiger charge is 2.44. The molecule has 1 fully saturated rings. The molecule has 0 spiro atoms. The van der Waals surface area contributed by atoms with E-state index in [1.165, 1.54) is 5.56 Å². The van der Waals surface area contributed by atoms with Crippen LogP contribution in [0.2, 0.25) is 0 Å². The van der Waals surface area contributed by atoms with Gasteiger partial charge in [0.25, 0.3) is 11.8 Å². The normalized spacial score (nSPS) is 18.9. The van der Waals surface area contributed by atoms with Crippen molar-refractivity contribution in [2.75, 3.05) is 5.32 Å². The van der Waals surface area contributed by atoms with Gasteiger partial charge in [-0.1, -0.05) is 26.0 Å². The molecule has 0 aromatic heterocycles. The molecule has 7 nitrogen and oxygen atoms in total. The van der Waals surface area contributed by atoms with Gasteiger partial charge in [-0.05, 0) is 48.2 Å². The molecule has 4 rings (SSSR count). The summed E-state index contributed by atoms with van der Waals surface area (Å²) in [4.78, 5) is 50.1. The SMILES string of the molecule is CC(C)c1ccc(Nc2ccc3c(c2)C(=O)N(C2CCC(=O)NC2=O)C3=O)cc1. The number of piperidine rings is 1. The third-order valence-electron chi connectivity index (χ3n) is 5.31. The number of carbonyl (C=O) groups excluding carboxylic acids is 4. The predicted octanol–water partition coefficient (Wildman–Crippen LogP) is 2.95. The number of rotatable bonds is 4. The first-order valence-corrected chi connectivity index (χ1v) is 9.58. The third kappa shape index (κ3) is 3.40. The van der Waals surface area contributed by atoms with E-state index >= 15 is 0 Å². The summed E-state index contributed by atoms with van der Waals surface area (Å²) in [6, 6.07) is 12.0. The van der Waals surface area contributed by atoms with Gasteiger partial charge in [0.15, 0.2) is 0 Å². The van der Waals surface area contributed by atoms with Crippen molar-refractivity contribution >= 4 is 35.0 Å². The van der Waals surface area contributed by atoms with E-state index in [1.54, 1.807) is 18.2 Å². The topological polar surface area (TPSA) is 95.6 Å². The fourth-order valence-corrected chi connectivity index (χ4v) is 3.67. The molecule has 1 atom stereocenters. The molecule has 0 radical (unpaired) electrons. The van der Waals surface area contributed by atoms with Gasteiger partial charge in [0.05, 0.1) is 11.1 Å². The maximum Gasteiger partial charge on any atom is 0.262 e. The van der Waals surface area contributed by atoms with Crippen LogP contribution < -0.4 is 10.6 Å². The van der Waals surface area contributed by atoms with E-state index in [0.29, 0.717) is 11.6 Å². The molecule has 29 heavy (non-hydrogen) atoms. The summed E-state index contributed by atoms with van der Waals surface area (Å²) < 4.78 is 0. The second-order valence-electron chi connectivity index (χ2n) is 7.61. The lowest BCUT2D eigenvalue weighted by atomic mass is 10.0. The standard InChI is InChI=1S/C22H21N3O4/c1-12(2)13-3-5-14(6-4-13)23-15-7-8-16-17(11-15)22(29)25(21(16)28)18-9-10-19(26)24-20(18)27/h3-8,11-12,18,23H,9-10H2,1-2H3,(H,24,26,27). The number of benzene rings is 2. The molecule has 4 amide bonds. The average Bonchev–Trinajstić information content (AvgIpc) is 2.93. The van der Waals surface area contributed by atoms with Crippen LogP contribution in [0.4, 0.5) is 11.4 Å². The summed E-state index contributed by atoms with van der Waals surface area (Å²) in [5.41, 5.74) is 3.29. The zero-order chi connectivity index (χ0) is 20.7. The molecule has 1 unspecified atom stereocenters. The first-order valence-electron chi connectivity index (χ1n) is 9.58. The summed E-state index contributed by atoms with van der Waals surface area (Å²) in [5, 5.41) is 5.43. The van der Waals surface area contributed by atoms with Gasteiger partial charge in [-0.25, -0.2) is 0 Å². The second-order valence-corrected chi connectivity index (χ2v) is 7.61. The number of nitrogens with one attached hydrogen (secondary N) is 2. The fraction of sp³-hybridized carbons (Fsp3) is 0.273. The van der Waals surface area contributed by atoms with Crippen molar-refractivity contribution in [1.82, 2.24) is 10.2 Å². The lowest BCUT2D eigenvalue weighted by Gasteiger charge is -2.27. The van der Waals surface area contributed by atoms with Crippen molar-refractivity contribution in [1.29, 1.82) is 0 Å². The summed E-state index contributed by atoms with van der Waals surface area (Å²) in [6.45, 7) is 4.25. The highest BCUT2D eigenvalue weighted by atomic mass is 16.2. The number of imide groups is 2. The highest BCUT2D eigenvalue weighted by Crippen LogP contribution is 2.30. The molecule has 0 saturated carbocycles. The first kappa shape index (κ1) is 18.9. The van der Waals surface area contributed by atoms with Crippen LogP contribution in [-0.4, -0.2) is 34.6 Å². The Bertz CT molecular complexity index is 1030. The van der Waals surface area contributed by atoms with E-state index in [1.807, 2.05) is 24.3 Å². The molecule has 2 heterocycles. The van der Waals surface area contributed by atoms with Gasteiger partial charge >= 0.3 is 0 Å². The molecule has 2 aromatic rings. The molecule has 1 saturated heterocycles. The molecule has 148 valence electrons. The minimum absolute atomic E-state index is 0.100. The predicted molar refractivity (Wildman–Crippen MR) is 107 cm³/mol. The second kappa shape index (κ2) is 7.16. The van der Waals surface area contributed by atoms with Crippen molar-refractivity contribution < 1.29 is 19.2 Å². The van der Waals surface area contributed by atoms with Gasteiger partial charge in [-0.2, -0.15) is 0 Å². The third-order valence-corrected chi connectivity index (χ3v) is 5.31. The maximum absolute atomic E-state index is 12.9. The summed E-state index contributed by atoms with van der Waals surface area (Å²) in [7, 11) is 0. The Labute approximate surface area is 168 Å². The molecular formula is C22H21N3O4. The van der Waals surface area contributed by atoms with Crippen LogP contribution >= 0.6 is 0 Å². The van der Waals surface area contributed by atoms with Crippen molar-refractivity contribution in [2.24, 2.45) is 0 Å². The van der Waals surface area contributed by atoms with Gasteiger partial charge in [-0.15, -0.1) is 0 Å². The Hall–Kier alpha value is -3.48. The summed E-state index contributed by atoms with van der Waals surface area (Å²) >= 11 is 0. The van der Waals surface area contributed by atoms with E-state index in [0.717, 1.165) is 10.6 Å². The number of hydrogen-bond acceptors (Lipinski definition) is 5. The van der Waals surface area contributed by atoms with E-state index < -0.39 is 29.7 Å². The quantitative estimate of drug-likeness (QED) is 0.782. The first-order chi connectivity index (χ1) is 13.8. The number of fused-ring (bicyclic) bond motifs is 1. The van der Waals surface area contributed by atoms with E-state index in [2.05, 4.69) is 24.5 Å². The van der Waals surface area contributed by atoms with Crippen LogP contribution in [-0.2, 0) is 9.59 Å². The average molecular weight is 391 g/mol. The van der Waals surface area contributed by atoms with Crippen LogP contribution in [0.15, 0.2) is 42.5 Å². The van der Waals surface area contributed by atoms with Gasteiger partial charge < -0.3 is 5.32 Å². The minimum Gasteiger partial charge on any atom is -0.356 e. The van der Waals surface area contributed by atoms with Crippen molar-refractivity contribution in [3.8, 4) is 0 Å². The Balaban J connectivity index is 1.57. The highest BCUT2D eigenvalue weighted by molar-refractivity contribution is 6.23. The summed E-state index contributed by atoms with van der Waals surface area (Å²) in [5.74, 6) is -1.59. The molecule has 0 bridgehead atoms. The van der Waals surface area contributed by atoms with Crippen LogP contribution in [0.25, 0.3) is 0 Å². The van der Waals surface area contributed by atoms with E-state index in [9.17, 15) is 19.2 Å². The molecule has 2 aromatic carbocycles. The van der Waals surface area contributed by atoms with Crippen LogP contribution in [0.5, 0.6) is 0 Å². The minimum atomic E-state index is -0.958. The number of hydrogen-bond donors (Lipinski definition) is 2. The number of amides is 4. The largest absolute Gasteiger partial charge is 0.356 e. The lowest BCUT2D eigenvalue weighted by molar-refractivity contribution is -0.136. The zero-order valence-corrected chi connectivity index (χ0v) is 16.2. The molecule has 7 heteroatoms. The van der Waals surface area contributed by atoms with E-state index in [-0.39, 0.29) is 24.0 Å². The lowest BCUT2D eigenvalue weighted by Crippen LogP contribution is -2.54. The molecule has 0 aliphatic carbocycles. The molecule has 2 N–H and O–H groups in total.